The third kappa shape index (κ3) is 4.31. The summed E-state index contributed by atoms with van der Waals surface area (Å²) >= 11 is 6.05. The molecule has 0 aliphatic rings. The molecule has 0 saturated carbocycles. The van der Waals surface area contributed by atoms with Gasteiger partial charge in [-0.2, -0.15) is 0 Å². The van der Waals surface area contributed by atoms with Crippen molar-refractivity contribution in [3.8, 4) is 0 Å². The van der Waals surface area contributed by atoms with Crippen LogP contribution in [0.3, 0.4) is 0 Å². The molecule has 0 spiro atoms. The van der Waals surface area contributed by atoms with Gasteiger partial charge in [0, 0.05) is 12.4 Å². The van der Waals surface area contributed by atoms with E-state index in [1.54, 1.807) is 6.20 Å². The van der Waals surface area contributed by atoms with Gasteiger partial charge >= 0.3 is 0 Å². The number of rotatable bonds is 7. The van der Waals surface area contributed by atoms with Gasteiger partial charge in [0.1, 0.15) is 0 Å². The zero-order chi connectivity index (χ0) is 12.7. The van der Waals surface area contributed by atoms with E-state index in [9.17, 15) is 0 Å². The molecule has 1 aromatic heterocycles. The Balaban J connectivity index is 2.82. The van der Waals surface area contributed by atoms with Gasteiger partial charge in [-0.15, -0.1) is 0 Å². The van der Waals surface area contributed by atoms with Crippen LogP contribution < -0.4 is 0 Å². The van der Waals surface area contributed by atoms with Crippen LogP contribution >= 0.6 is 11.6 Å². The predicted molar refractivity (Wildman–Crippen MR) is 75.6 cm³/mol. The molecule has 1 atom stereocenters. The SMILES string of the molecule is CCCCCC(C)(CCC)c1cncc(Cl)c1. The monoisotopic (exact) mass is 253 g/mol. The van der Waals surface area contributed by atoms with E-state index in [2.05, 4.69) is 31.8 Å². The summed E-state index contributed by atoms with van der Waals surface area (Å²) in [6.45, 7) is 6.84. The average molecular weight is 254 g/mol. The fourth-order valence-corrected chi connectivity index (χ4v) is 2.65. The first-order chi connectivity index (χ1) is 8.12. The van der Waals surface area contributed by atoms with Crippen molar-refractivity contribution in [1.82, 2.24) is 4.98 Å². The minimum absolute atomic E-state index is 0.238. The van der Waals surface area contributed by atoms with Crippen molar-refractivity contribution in [3.63, 3.8) is 0 Å². The number of halogens is 1. The smallest absolute Gasteiger partial charge is 0.0592 e. The Hall–Kier alpha value is -0.560. The highest BCUT2D eigenvalue weighted by Crippen LogP contribution is 2.35. The number of hydrogen-bond donors (Lipinski definition) is 0. The van der Waals surface area contributed by atoms with Crippen molar-refractivity contribution in [2.75, 3.05) is 0 Å². The Morgan fingerprint density at radius 3 is 2.47 bits per heavy atom. The van der Waals surface area contributed by atoms with E-state index >= 15 is 0 Å². The summed E-state index contributed by atoms with van der Waals surface area (Å²) in [6.07, 6.45) is 11.2. The Labute approximate surface area is 111 Å². The van der Waals surface area contributed by atoms with E-state index in [0.29, 0.717) is 0 Å². The van der Waals surface area contributed by atoms with Gasteiger partial charge in [0.15, 0.2) is 0 Å². The molecule has 1 heterocycles. The zero-order valence-corrected chi connectivity index (χ0v) is 12.1. The van der Waals surface area contributed by atoms with Crippen molar-refractivity contribution < 1.29 is 0 Å². The molecule has 0 radical (unpaired) electrons. The van der Waals surface area contributed by atoms with Crippen molar-refractivity contribution in [3.05, 3.63) is 29.0 Å². The minimum atomic E-state index is 0.238. The summed E-state index contributed by atoms with van der Waals surface area (Å²) in [7, 11) is 0. The summed E-state index contributed by atoms with van der Waals surface area (Å²) < 4.78 is 0. The maximum Gasteiger partial charge on any atom is 0.0592 e. The van der Waals surface area contributed by atoms with E-state index in [1.807, 2.05) is 6.20 Å². The van der Waals surface area contributed by atoms with E-state index in [0.717, 1.165) is 5.02 Å². The molecule has 0 aliphatic carbocycles. The van der Waals surface area contributed by atoms with Crippen molar-refractivity contribution >= 4 is 11.6 Å². The normalized spacial score (nSPS) is 14.6. The first kappa shape index (κ1) is 14.5. The number of nitrogens with zero attached hydrogens (tertiary/aromatic N) is 1. The minimum Gasteiger partial charge on any atom is -0.263 e. The Morgan fingerprint density at radius 1 is 1.12 bits per heavy atom. The number of aromatic nitrogens is 1. The van der Waals surface area contributed by atoms with Crippen LogP contribution in [-0.4, -0.2) is 4.98 Å². The molecule has 1 rings (SSSR count). The predicted octanol–water partition coefficient (Wildman–Crippen LogP) is 5.37. The Morgan fingerprint density at radius 2 is 1.88 bits per heavy atom. The maximum absolute atomic E-state index is 6.05. The number of unbranched alkanes of at least 4 members (excludes halogenated alkanes) is 2. The van der Waals surface area contributed by atoms with Gasteiger partial charge in [0.05, 0.1) is 5.02 Å². The van der Waals surface area contributed by atoms with Crippen LogP contribution in [0.5, 0.6) is 0 Å². The zero-order valence-electron chi connectivity index (χ0n) is 11.3. The van der Waals surface area contributed by atoms with E-state index in [1.165, 1.54) is 44.1 Å². The Bertz CT molecular complexity index is 337. The average Bonchev–Trinajstić information content (AvgIpc) is 2.30. The molecular weight excluding hydrogens is 230 g/mol. The third-order valence-corrected chi connectivity index (χ3v) is 3.74. The van der Waals surface area contributed by atoms with Crippen molar-refractivity contribution in [2.24, 2.45) is 0 Å². The lowest BCUT2D eigenvalue weighted by atomic mass is 9.75. The summed E-state index contributed by atoms with van der Waals surface area (Å²) in [4.78, 5) is 4.23. The molecule has 1 nitrogen and oxygen atoms in total. The first-order valence-electron chi connectivity index (χ1n) is 6.73. The van der Waals surface area contributed by atoms with Crippen LogP contribution in [0, 0.1) is 0 Å². The molecule has 1 unspecified atom stereocenters. The fourth-order valence-electron chi connectivity index (χ4n) is 2.47. The third-order valence-electron chi connectivity index (χ3n) is 3.54. The van der Waals surface area contributed by atoms with Gasteiger partial charge in [0.2, 0.25) is 0 Å². The number of hydrogen-bond acceptors (Lipinski definition) is 1. The van der Waals surface area contributed by atoms with Crippen LogP contribution in [0.2, 0.25) is 5.02 Å². The lowest BCUT2D eigenvalue weighted by Crippen LogP contribution is -2.22. The molecule has 17 heavy (non-hydrogen) atoms. The first-order valence-corrected chi connectivity index (χ1v) is 7.11. The van der Waals surface area contributed by atoms with Gasteiger partial charge in [-0.25, -0.2) is 0 Å². The topological polar surface area (TPSA) is 12.9 Å². The van der Waals surface area contributed by atoms with Crippen LogP contribution in [0.4, 0.5) is 0 Å². The highest BCUT2D eigenvalue weighted by molar-refractivity contribution is 6.30. The summed E-state index contributed by atoms with van der Waals surface area (Å²) in [5.41, 5.74) is 1.53. The van der Waals surface area contributed by atoms with Gasteiger partial charge in [-0.05, 0) is 29.9 Å². The second-order valence-electron chi connectivity index (χ2n) is 5.16. The summed E-state index contributed by atoms with van der Waals surface area (Å²) in [5, 5.41) is 0.750. The van der Waals surface area contributed by atoms with E-state index in [4.69, 9.17) is 11.6 Å². The van der Waals surface area contributed by atoms with Crippen LogP contribution in [0.25, 0.3) is 0 Å². The van der Waals surface area contributed by atoms with Gasteiger partial charge in [-0.1, -0.05) is 58.1 Å². The second kappa shape index (κ2) is 7.00. The Kier molecular flexibility index (Phi) is 5.97. The molecule has 2 heteroatoms. The molecule has 0 aliphatic heterocycles. The highest BCUT2D eigenvalue weighted by Gasteiger charge is 2.25. The standard InChI is InChI=1S/C15H24ClN/c1-4-6-7-9-15(3,8-5-2)13-10-14(16)12-17-11-13/h10-12H,4-9H2,1-3H3. The van der Waals surface area contributed by atoms with Crippen molar-refractivity contribution in [1.29, 1.82) is 0 Å². The van der Waals surface area contributed by atoms with Gasteiger partial charge < -0.3 is 0 Å². The molecule has 0 bridgehead atoms. The molecule has 0 N–H and O–H groups in total. The van der Waals surface area contributed by atoms with Crippen LogP contribution in [-0.2, 0) is 5.41 Å². The second-order valence-corrected chi connectivity index (χ2v) is 5.60. The highest BCUT2D eigenvalue weighted by atomic mass is 35.5. The molecule has 0 fully saturated rings. The molecule has 1 aromatic rings. The molecule has 0 aromatic carbocycles. The summed E-state index contributed by atoms with van der Waals surface area (Å²) in [5.74, 6) is 0. The molecule has 0 amide bonds. The molecule has 96 valence electrons. The lowest BCUT2D eigenvalue weighted by Gasteiger charge is -2.30. The molecule has 0 saturated heterocycles. The number of pyridine rings is 1. The van der Waals surface area contributed by atoms with Crippen LogP contribution in [0.1, 0.15) is 64.9 Å². The maximum atomic E-state index is 6.05. The summed E-state index contributed by atoms with van der Waals surface area (Å²) in [6, 6.07) is 2.08. The lowest BCUT2D eigenvalue weighted by molar-refractivity contribution is 0.378. The largest absolute Gasteiger partial charge is 0.263 e. The quantitative estimate of drug-likeness (QED) is 0.595. The van der Waals surface area contributed by atoms with Gasteiger partial charge in [-0.3, -0.25) is 4.98 Å². The van der Waals surface area contributed by atoms with Crippen LogP contribution in [0.15, 0.2) is 18.5 Å². The van der Waals surface area contributed by atoms with E-state index < -0.39 is 0 Å². The van der Waals surface area contributed by atoms with Crippen molar-refractivity contribution in [2.45, 2.75) is 64.7 Å². The van der Waals surface area contributed by atoms with E-state index in [-0.39, 0.29) is 5.41 Å². The fraction of sp³-hybridized carbons (Fsp3) is 0.667. The van der Waals surface area contributed by atoms with Gasteiger partial charge in [0.25, 0.3) is 0 Å². The molecular formula is C15H24ClN.